The maximum atomic E-state index is 12.9. The molecular weight excluding hydrogens is 340 g/mol. The van der Waals surface area contributed by atoms with Gasteiger partial charge in [0.25, 0.3) is 0 Å². The monoisotopic (exact) mass is 380 g/mol. The van der Waals surface area contributed by atoms with Gasteiger partial charge in [0.15, 0.2) is 0 Å². The minimum Gasteiger partial charge on any atom is -0.462 e. The van der Waals surface area contributed by atoms with Crippen LogP contribution in [-0.4, -0.2) is 25.2 Å². The van der Waals surface area contributed by atoms with Crippen molar-refractivity contribution in [1.82, 2.24) is 0 Å². The lowest BCUT2D eigenvalue weighted by atomic mass is 9.90. The largest absolute Gasteiger partial charge is 0.462 e. The van der Waals surface area contributed by atoms with Gasteiger partial charge in [-0.1, -0.05) is 65.7 Å². The van der Waals surface area contributed by atoms with Crippen molar-refractivity contribution in [2.24, 2.45) is 5.92 Å². The Hall–Kier alpha value is -1.32. The number of unbranched alkanes of at least 4 members (excludes halogenated alkanes) is 5. The number of hydrogen-bond acceptors (Lipinski definition) is 4. The van der Waals surface area contributed by atoms with E-state index >= 15 is 0 Å². The molecule has 0 spiro atoms. The first-order chi connectivity index (χ1) is 13.2. The van der Waals surface area contributed by atoms with Gasteiger partial charge in [-0.2, -0.15) is 0 Å². The van der Waals surface area contributed by atoms with Crippen molar-refractivity contribution in [1.29, 1.82) is 0 Å². The molecule has 0 atom stereocenters. The van der Waals surface area contributed by atoms with Gasteiger partial charge in [0.2, 0.25) is 0 Å². The molecule has 0 saturated heterocycles. The summed E-state index contributed by atoms with van der Waals surface area (Å²) in [7, 11) is 0. The normalized spacial score (nSPS) is 15.5. The summed E-state index contributed by atoms with van der Waals surface area (Å²) in [5.74, 6) is -0.429. The van der Waals surface area contributed by atoms with E-state index in [1.54, 1.807) is 0 Å². The molecule has 0 unspecified atom stereocenters. The number of esters is 2. The zero-order valence-electron chi connectivity index (χ0n) is 17.8. The quantitative estimate of drug-likeness (QED) is 0.207. The SMILES string of the molecule is CCCCCCC(C(=O)OCCCC)=C(C(=O)OCCCC)C1CCCC1. The third-order valence-corrected chi connectivity index (χ3v) is 5.30. The van der Waals surface area contributed by atoms with Gasteiger partial charge in [0.05, 0.1) is 18.8 Å². The minimum absolute atomic E-state index is 0.152. The summed E-state index contributed by atoms with van der Waals surface area (Å²) < 4.78 is 11.1. The number of ether oxygens (including phenoxy) is 2. The Bertz CT molecular complexity index is 461. The van der Waals surface area contributed by atoms with Crippen LogP contribution in [0.2, 0.25) is 0 Å². The van der Waals surface area contributed by atoms with Gasteiger partial charge in [-0.15, -0.1) is 0 Å². The Morgan fingerprint density at radius 3 is 1.85 bits per heavy atom. The zero-order chi connectivity index (χ0) is 19.9. The third-order valence-electron chi connectivity index (χ3n) is 5.30. The Kier molecular flexibility index (Phi) is 12.9. The molecule has 0 aliphatic heterocycles. The second-order valence-corrected chi connectivity index (χ2v) is 7.66. The van der Waals surface area contributed by atoms with Crippen LogP contribution in [0.3, 0.4) is 0 Å². The highest BCUT2D eigenvalue weighted by Gasteiger charge is 2.31. The fraction of sp³-hybridized carbons (Fsp3) is 0.826. The van der Waals surface area contributed by atoms with E-state index < -0.39 is 0 Å². The van der Waals surface area contributed by atoms with Crippen molar-refractivity contribution in [3.63, 3.8) is 0 Å². The first kappa shape index (κ1) is 23.7. The minimum atomic E-state index is -0.297. The Morgan fingerprint density at radius 1 is 0.741 bits per heavy atom. The van der Waals surface area contributed by atoms with Crippen LogP contribution >= 0.6 is 0 Å². The van der Waals surface area contributed by atoms with Crippen molar-refractivity contribution < 1.29 is 19.1 Å². The van der Waals surface area contributed by atoms with Crippen molar-refractivity contribution in [3.05, 3.63) is 11.1 Å². The summed E-state index contributed by atoms with van der Waals surface area (Å²) in [6.07, 6.45) is 12.8. The fourth-order valence-electron chi connectivity index (χ4n) is 3.61. The van der Waals surface area contributed by atoms with E-state index in [-0.39, 0.29) is 17.9 Å². The number of carbonyl (C=O) groups is 2. The van der Waals surface area contributed by atoms with Crippen molar-refractivity contribution in [2.75, 3.05) is 13.2 Å². The van der Waals surface area contributed by atoms with E-state index in [9.17, 15) is 9.59 Å². The van der Waals surface area contributed by atoms with Crippen molar-refractivity contribution in [2.45, 2.75) is 104 Å². The molecule has 4 nitrogen and oxygen atoms in total. The van der Waals surface area contributed by atoms with E-state index in [1.165, 1.54) is 0 Å². The van der Waals surface area contributed by atoms with E-state index in [4.69, 9.17) is 9.47 Å². The molecule has 0 aromatic carbocycles. The Morgan fingerprint density at radius 2 is 1.30 bits per heavy atom. The molecule has 0 radical (unpaired) electrons. The van der Waals surface area contributed by atoms with Crippen LogP contribution < -0.4 is 0 Å². The molecule has 0 bridgehead atoms. The predicted molar refractivity (Wildman–Crippen MR) is 109 cm³/mol. The summed E-state index contributed by atoms with van der Waals surface area (Å²) in [6, 6.07) is 0. The van der Waals surface area contributed by atoms with E-state index in [0.29, 0.717) is 30.8 Å². The van der Waals surface area contributed by atoms with E-state index in [2.05, 4.69) is 20.8 Å². The van der Waals surface area contributed by atoms with Crippen LogP contribution in [0, 0.1) is 5.92 Å². The number of carbonyl (C=O) groups excluding carboxylic acids is 2. The van der Waals surface area contributed by atoms with Crippen molar-refractivity contribution in [3.8, 4) is 0 Å². The Balaban J connectivity index is 3.01. The topological polar surface area (TPSA) is 52.6 Å². The summed E-state index contributed by atoms with van der Waals surface area (Å²) in [4.78, 5) is 25.7. The molecule has 27 heavy (non-hydrogen) atoms. The first-order valence-electron chi connectivity index (χ1n) is 11.2. The average molecular weight is 381 g/mol. The van der Waals surface area contributed by atoms with Gasteiger partial charge in [-0.05, 0) is 44.4 Å². The fourth-order valence-corrected chi connectivity index (χ4v) is 3.61. The molecule has 1 fully saturated rings. The smallest absolute Gasteiger partial charge is 0.334 e. The maximum Gasteiger partial charge on any atom is 0.334 e. The van der Waals surface area contributed by atoms with Crippen molar-refractivity contribution >= 4 is 11.9 Å². The molecular formula is C23H40O4. The summed E-state index contributed by atoms with van der Waals surface area (Å²) in [6.45, 7) is 7.18. The molecule has 0 heterocycles. The molecule has 1 aliphatic rings. The second kappa shape index (κ2) is 14.7. The molecule has 0 N–H and O–H groups in total. The highest BCUT2D eigenvalue weighted by Crippen LogP contribution is 2.35. The molecule has 0 aromatic heterocycles. The summed E-state index contributed by atoms with van der Waals surface area (Å²) in [5.41, 5.74) is 1.22. The van der Waals surface area contributed by atoms with Crippen LogP contribution in [0.5, 0.6) is 0 Å². The molecule has 0 aromatic rings. The molecule has 1 aliphatic carbocycles. The van der Waals surface area contributed by atoms with Gasteiger partial charge in [0, 0.05) is 5.57 Å². The van der Waals surface area contributed by atoms with Crippen LogP contribution in [0.25, 0.3) is 0 Å². The lowest BCUT2D eigenvalue weighted by Gasteiger charge is -2.19. The molecule has 4 heteroatoms. The van der Waals surface area contributed by atoms with Gasteiger partial charge in [-0.25, -0.2) is 9.59 Å². The van der Waals surface area contributed by atoms with Gasteiger partial charge in [0.1, 0.15) is 0 Å². The maximum absolute atomic E-state index is 12.9. The van der Waals surface area contributed by atoms with E-state index in [1.807, 2.05) is 0 Å². The molecule has 0 amide bonds. The van der Waals surface area contributed by atoms with Gasteiger partial charge >= 0.3 is 11.9 Å². The second-order valence-electron chi connectivity index (χ2n) is 7.66. The third kappa shape index (κ3) is 8.94. The molecule has 1 rings (SSSR count). The predicted octanol–water partition coefficient (Wildman–Crippen LogP) is 6.13. The highest BCUT2D eigenvalue weighted by atomic mass is 16.5. The zero-order valence-corrected chi connectivity index (χ0v) is 17.8. The van der Waals surface area contributed by atoms with Crippen LogP contribution in [0.15, 0.2) is 11.1 Å². The summed E-state index contributed by atoms with van der Waals surface area (Å²) in [5, 5.41) is 0. The lowest BCUT2D eigenvalue weighted by molar-refractivity contribution is -0.143. The van der Waals surface area contributed by atoms with Crippen LogP contribution in [-0.2, 0) is 19.1 Å². The van der Waals surface area contributed by atoms with E-state index in [0.717, 1.165) is 77.0 Å². The number of hydrogen-bond donors (Lipinski definition) is 0. The molecule has 156 valence electrons. The average Bonchev–Trinajstić information content (AvgIpc) is 3.18. The standard InChI is InChI=1S/C23H40O4/c1-4-7-10-11-16-20(22(24)26-17-8-5-2)21(19-14-12-13-15-19)23(25)27-18-9-6-3/h19H,4-18H2,1-3H3. The lowest BCUT2D eigenvalue weighted by Crippen LogP contribution is -2.22. The first-order valence-corrected chi connectivity index (χ1v) is 11.2. The number of rotatable bonds is 14. The summed E-state index contributed by atoms with van der Waals surface area (Å²) >= 11 is 0. The molecule has 1 saturated carbocycles. The van der Waals surface area contributed by atoms with Crippen LogP contribution in [0.1, 0.15) is 104 Å². The Labute approximate surface area is 166 Å². The highest BCUT2D eigenvalue weighted by molar-refractivity contribution is 6.00. The van der Waals surface area contributed by atoms with Gasteiger partial charge in [-0.3, -0.25) is 0 Å². The van der Waals surface area contributed by atoms with Gasteiger partial charge < -0.3 is 9.47 Å². The van der Waals surface area contributed by atoms with Crippen LogP contribution in [0.4, 0.5) is 0 Å².